The van der Waals surface area contributed by atoms with E-state index in [0.29, 0.717) is 22.2 Å². The van der Waals surface area contributed by atoms with Crippen molar-refractivity contribution in [2.45, 2.75) is 13.8 Å². The van der Waals surface area contributed by atoms with Gasteiger partial charge in [-0.2, -0.15) is 5.10 Å². The maximum atomic E-state index is 11.8. The highest BCUT2D eigenvalue weighted by Gasteiger charge is 2.14. The molecular formula is C17H19N3O3S. The van der Waals surface area contributed by atoms with Crippen LogP contribution in [0.2, 0.25) is 0 Å². The van der Waals surface area contributed by atoms with Crippen molar-refractivity contribution in [1.82, 2.24) is 10.7 Å². The Morgan fingerprint density at radius 2 is 2.17 bits per heavy atom. The summed E-state index contributed by atoms with van der Waals surface area (Å²) >= 11 is 5.01. The molecule has 2 N–H and O–H groups in total. The van der Waals surface area contributed by atoms with Gasteiger partial charge in [-0.05, 0) is 49.8 Å². The van der Waals surface area contributed by atoms with Gasteiger partial charge in [-0.15, -0.1) is 0 Å². The number of nitrogens with one attached hydrogen (secondary N) is 2. The number of ether oxygens (including phenoxy) is 1. The SMILES string of the molecule is CCNC(=S)N/N=C\c1ccc(-c2cccc(C(=O)OC)c2C)o1. The van der Waals surface area contributed by atoms with Gasteiger partial charge in [0.05, 0.1) is 18.9 Å². The molecule has 6 nitrogen and oxygen atoms in total. The first-order valence-corrected chi connectivity index (χ1v) is 7.82. The number of carbonyl (C=O) groups is 1. The van der Waals surface area contributed by atoms with Gasteiger partial charge in [-0.25, -0.2) is 4.79 Å². The van der Waals surface area contributed by atoms with Gasteiger partial charge in [-0.3, -0.25) is 5.43 Å². The number of hydrogen-bond donors (Lipinski definition) is 2. The lowest BCUT2D eigenvalue weighted by atomic mass is 10.0. The van der Waals surface area contributed by atoms with E-state index in [0.717, 1.165) is 17.7 Å². The average molecular weight is 345 g/mol. The van der Waals surface area contributed by atoms with Gasteiger partial charge in [0.2, 0.25) is 0 Å². The molecular weight excluding hydrogens is 326 g/mol. The minimum atomic E-state index is -0.371. The second kappa shape index (κ2) is 8.26. The van der Waals surface area contributed by atoms with Crippen LogP contribution in [0.5, 0.6) is 0 Å². The molecule has 2 rings (SSSR count). The zero-order chi connectivity index (χ0) is 17.5. The van der Waals surface area contributed by atoms with E-state index in [4.69, 9.17) is 21.4 Å². The first kappa shape index (κ1) is 17.7. The standard InChI is InChI=1S/C17H19N3O3S/c1-4-18-17(24)20-19-10-12-8-9-15(23-12)13-6-5-7-14(11(13)2)16(21)22-3/h5-10H,4H2,1-3H3,(H2,18,20,24)/b19-10-. The number of rotatable bonds is 5. The fraction of sp³-hybridized carbons (Fsp3) is 0.235. The van der Waals surface area contributed by atoms with E-state index in [-0.39, 0.29) is 5.97 Å². The van der Waals surface area contributed by atoms with Crippen molar-refractivity contribution in [2.24, 2.45) is 5.10 Å². The van der Waals surface area contributed by atoms with Crippen LogP contribution in [0.25, 0.3) is 11.3 Å². The van der Waals surface area contributed by atoms with E-state index in [1.165, 1.54) is 13.3 Å². The summed E-state index contributed by atoms with van der Waals surface area (Å²) in [5, 5.41) is 7.37. The van der Waals surface area contributed by atoms with Gasteiger partial charge in [-0.1, -0.05) is 12.1 Å². The molecule has 0 aliphatic carbocycles. The van der Waals surface area contributed by atoms with E-state index < -0.39 is 0 Å². The number of methoxy groups -OCH3 is 1. The third kappa shape index (κ3) is 4.20. The normalized spacial score (nSPS) is 10.6. The zero-order valence-corrected chi connectivity index (χ0v) is 14.6. The van der Waals surface area contributed by atoms with Crippen LogP contribution in [0, 0.1) is 6.92 Å². The van der Waals surface area contributed by atoms with Gasteiger partial charge in [0.1, 0.15) is 11.5 Å². The van der Waals surface area contributed by atoms with Crippen LogP contribution in [0.3, 0.4) is 0 Å². The molecule has 0 radical (unpaired) electrons. The fourth-order valence-electron chi connectivity index (χ4n) is 2.16. The Hall–Kier alpha value is -2.67. The third-order valence-electron chi connectivity index (χ3n) is 3.33. The number of esters is 1. The summed E-state index contributed by atoms with van der Waals surface area (Å²) in [5.41, 5.74) is 4.83. The minimum Gasteiger partial charge on any atom is -0.465 e. The second-order valence-corrected chi connectivity index (χ2v) is 5.31. The largest absolute Gasteiger partial charge is 0.465 e. The summed E-state index contributed by atoms with van der Waals surface area (Å²) in [4.78, 5) is 11.8. The lowest BCUT2D eigenvalue weighted by Crippen LogP contribution is -2.31. The molecule has 126 valence electrons. The van der Waals surface area contributed by atoms with Crippen LogP contribution in [0.4, 0.5) is 0 Å². The van der Waals surface area contributed by atoms with Crippen molar-refractivity contribution in [3.63, 3.8) is 0 Å². The highest BCUT2D eigenvalue weighted by molar-refractivity contribution is 7.80. The van der Waals surface area contributed by atoms with E-state index in [1.54, 1.807) is 18.2 Å². The smallest absolute Gasteiger partial charge is 0.338 e. The fourth-order valence-corrected chi connectivity index (χ4v) is 2.35. The zero-order valence-electron chi connectivity index (χ0n) is 13.8. The third-order valence-corrected chi connectivity index (χ3v) is 3.56. The molecule has 1 aromatic carbocycles. The number of hydrazone groups is 1. The Morgan fingerprint density at radius 3 is 2.88 bits per heavy atom. The number of hydrogen-bond acceptors (Lipinski definition) is 5. The Morgan fingerprint density at radius 1 is 1.38 bits per heavy atom. The van der Waals surface area contributed by atoms with Crippen molar-refractivity contribution in [2.75, 3.05) is 13.7 Å². The van der Waals surface area contributed by atoms with Crippen LogP contribution >= 0.6 is 12.2 Å². The van der Waals surface area contributed by atoms with Crippen molar-refractivity contribution in [3.8, 4) is 11.3 Å². The molecule has 0 bridgehead atoms. The first-order valence-electron chi connectivity index (χ1n) is 7.41. The second-order valence-electron chi connectivity index (χ2n) is 4.90. The maximum Gasteiger partial charge on any atom is 0.338 e. The van der Waals surface area contributed by atoms with Crippen molar-refractivity contribution >= 4 is 29.5 Å². The lowest BCUT2D eigenvalue weighted by molar-refractivity contribution is 0.0600. The Bertz CT molecular complexity index is 768. The molecule has 0 aliphatic heterocycles. The predicted molar refractivity (Wildman–Crippen MR) is 97.2 cm³/mol. The van der Waals surface area contributed by atoms with Crippen molar-refractivity contribution in [3.05, 3.63) is 47.2 Å². The van der Waals surface area contributed by atoms with Gasteiger partial charge in [0.15, 0.2) is 5.11 Å². The van der Waals surface area contributed by atoms with Crippen LogP contribution in [0.1, 0.15) is 28.6 Å². The highest BCUT2D eigenvalue weighted by atomic mass is 32.1. The molecule has 2 aromatic rings. The van der Waals surface area contributed by atoms with Gasteiger partial charge >= 0.3 is 5.97 Å². The molecule has 0 fully saturated rings. The molecule has 7 heteroatoms. The summed E-state index contributed by atoms with van der Waals surface area (Å²) in [7, 11) is 1.36. The van der Waals surface area contributed by atoms with E-state index in [1.807, 2.05) is 26.0 Å². The Labute approximate surface area is 145 Å². The number of nitrogens with zero attached hydrogens (tertiary/aromatic N) is 1. The van der Waals surface area contributed by atoms with Crippen molar-refractivity contribution < 1.29 is 13.9 Å². The van der Waals surface area contributed by atoms with Gasteiger partial charge < -0.3 is 14.5 Å². The van der Waals surface area contributed by atoms with Crippen molar-refractivity contribution in [1.29, 1.82) is 0 Å². The Kier molecular flexibility index (Phi) is 6.08. The van der Waals surface area contributed by atoms with Gasteiger partial charge in [0, 0.05) is 12.1 Å². The molecule has 0 saturated heterocycles. The predicted octanol–water partition coefficient (Wildman–Crippen LogP) is 2.86. The number of thiocarbonyl (C=S) groups is 1. The summed E-state index contributed by atoms with van der Waals surface area (Å²) in [6.07, 6.45) is 1.53. The average Bonchev–Trinajstić information content (AvgIpc) is 3.03. The minimum absolute atomic E-state index is 0.371. The quantitative estimate of drug-likeness (QED) is 0.376. The summed E-state index contributed by atoms with van der Waals surface area (Å²) in [6, 6.07) is 9.03. The topological polar surface area (TPSA) is 75.9 Å². The van der Waals surface area contributed by atoms with Gasteiger partial charge in [0.25, 0.3) is 0 Å². The molecule has 1 aromatic heterocycles. The summed E-state index contributed by atoms with van der Waals surface area (Å²) in [6.45, 7) is 4.53. The van der Waals surface area contributed by atoms with E-state index in [2.05, 4.69) is 15.8 Å². The van der Waals surface area contributed by atoms with Crippen LogP contribution in [-0.4, -0.2) is 31.0 Å². The summed E-state index contributed by atoms with van der Waals surface area (Å²) < 4.78 is 10.5. The monoisotopic (exact) mass is 345 g/mol. The van der Waals surface area contributed by atoms with E-state index >= 15 is 0 Å². The molecule has 0 aliphatic rings. The molecule has 0 atom stereocenters. The molecule has 0 saturated carbocycles. The Balaban J connectivity index is 2.18. The number of carbonyl (C=O) groups excluding carboxylic acids is 1. The molecule has 0 spiro atoms. The number of benzene rings is 1. The maximum absolute atomic E-state index is 11.8. The molecule has 1 heterocycles. The first-order chi connectivity index (χ1) is 11.6. The highest BCUT2D eigenvalue weighted by Crippen LogP contribution is 2.27. The molecule has 0 unspecified atom stereocenters. The van der Waals surface area contributed by atoms with E-state index in [9.17, 15) is 4.79 Å². The summed E-state index contributed by atoms with van der Waals surface area (Å²) in [5.74, 6) is 0.845. The van der Waals surface area contributed by atoms with Crippen LogP contribution < -0.4 is 10.7 Å². The lowest BCUT2D eigenvalue weighted by Gasteiger charge is -2.07. The van der Waals surface area contributed by atoms with Crippen LogP contribution in [-0.2, 0) is 4.74 Å². The molecule has 24 heavy (non-hydrogen) atoms. The van der Waals surface area contributed by atoms with Crippen LogP contribution in [0.15, 0.2) is 39.9 Å². The number of furan rings is 1. The molecule has 0 amide bonds.